The predicted octanol–water partition coefficient (Wildman–Crippen LogP) is 4.07. The van der Waals surface area contributed by atoms with E-state index in [2.05, 4.69) is 9.97 Å². The van der Waals surface area contributed by atoms with Gasteiger partial charge in [0.15, 0.2) is 10.9 Å². The fourth-order valence-corrected chi connectivity index (χ4v) is 2.44. The van der Waals surface area contributed by atoms with Crippen LogP contribution in [0, 0.1) is 6.92 Å². The van der Waals surface area contributed by atoms with Gasteiger partial charge >= 0.3 is 0 Å². The summed E-state index contributed by atoms with van der Waals surface area (Å²) in [5.41, 5.74) is 1.40. The Morgan fingerprint density at radius 1 is 1.26 bits per heavy atom. The number of thioether (sulfide) groups is 1. The van der Waals surface area contributed by atoms with Gasteiger partial charge in [-0.3, -0.25) is 4.79 Å². The van der Waals surface area contributed by atoms with Gasteiger partial charge in [0.05, 0.1) is 10.8 Å². The van der Waals surface area contributed by atoms with Gasteiger partial charge in [-0.1, -0.05) is 35.0 Å². The lowest BCUT2D eigenvalue weighted by Crippen LogP contribution is -2.04. The maximum Gasteiger partial charge on any atom is 0.187 e. The second-order valence-corrected chi connectivity index (χ2v) is 5.67. The third-order valence-corrected chi connectivity index (χ3v) is 3.76. The van der Waals surface area contributed by atoms with E-state index in [0.717, 1.165) is 5.56 Å². The first-order chi connectivity index (χ1) is 9.06. The van der Waals surface area contributed by atoms with Gasteiger partial charge in [-0.2, -0.15) is 0 Å². The molecule has 0 unspecified atom stereocenters. The average Bonchev–Trinajstić information content (AvgIpc) is 2.40. The van der Waals surface area contributed by atoms with Crippen molar-refractivity contribution < 1.29 is 4.79 Å². The molecule has 0 N–H and O–H groups in total. The van der Waals surface area contributed by atoms with E-state index in [1.54, 1.807) is 30.6 Å². The minimum atomic E-state index is -0.0957. The van der Waals surface area contributed by atoms with Crippen molar-refractivity contribution >= 4 is 40.7 Å². The molecule has 1 aromatic carbocycles. The summed E-state index contributed by atoms with van der Waals surface area (Å²) in [7, 11) is 0. The van der Waals surface area contributed by atoms with Crippen molar-refractivity contribution in [2.45, 2.75) is 12.1 Å². The molecule has 0 saturated heterocycles. The molecule has 2 aromatic rings. The van der Waals surface area contributed by atoms with E-state index in [9.17, 15) is 4.79 Å². The van der Waals surface area contributed by atoms with Crippen LogP contribution < -0.4 is 0 Å². The van der Waals surface area contributed by atoms with Crippen LogP contribution in [0.5, 0.6) is 0 Å². The predicted molar refractivity (Wildman–Crippen MR) is 78.3 cm³/mol. The molecule has 0 radical (unpaired) electrons. The van der Waals surface area contributed by atoms with Crippen molar-refractivity contribution in [3.63, 3.8) is 0 Å². The lowest BCUT2D eigenvalue weighted by Gasteiger charge is -2.03. The van der Waals surface area contributed by atoms with Gasteiger partial charge < -0.3 is 0 Å². The van der Waals surface area contributed by atoms with Crippen LogP contribution in [0.15, 0.2) is 35.7 Å². The number of carbonyl (C=O) groups is 1. The van der Waals surface area contributed by atoms with Crippen molar-refractivity contribution in [2.24, 2.45) is 0 Å². The Morgan fingerprint density at radius 2 is 1.95 bits per heavy atom. The number of halogens is 2. The fourth-order valence-electron chi connectivity index (χ4n) is 1.37. The van der Waals surface area contributed by atoms with E-state index < -0.39 is 0 Å². The SMILES string of the molecule is Cc1cnc(SCC(=O)c2cc(Cl)ccc2Cl)nc1. The second-order valence-electron chi connectivity index (χ2n) is 3.88. The Balaban J connectivity index is 2.05. The molecule has 6 heteroatoms. The van der Waals surface area contributed by atoms with Crippen molar-refractivity contribution in [1.82, 2.24) is 9.97 Å². The van der Waals surface area contributed by atoms with E-state index in [-0.39, 0.29) is 11.5 Å². The van der Waals surface area contributed by atoms with E-state index >= 15 is 0 Å². The van der Waals surface area contributed by atoms with Gasteiger partial charge in [-0.05, 0) is 30.7 Å². The third-order valence-electron chi connectivity index (χ3n) is 2.32. The van der Waals surface area contributed by atoms with Crippen LogP contribution in [0.4, 0.5) is 0 Å². The number of nitrogens with zero attached hydrogens (tertiary/aromatic N) is 2. The highest BCUT2D eigenvalue weighted by Crippen LogP contribution is 2.23. The molecule has 1 aromatic heterocycles. The first-order valence-electron chi connectivity index (χ1n) is 5.46. The summed E-state index contributed by atoms with van der Waals surface area (Å²) in [4.78, 5) is 20.3. The molecule has 98 valence electrons. The quantitative estimate of drug-likeness (QED) is 0.485. The molecule has 1 heterocycles. The highest BCUT2D eigenvalue weighted by Gasteiger charge is 2.12. The summed E-state index contributed by atoms with van der Waals surface area (Å²) in [6.07, 6.45) is 3.43. The Bertz CT molecular complexity index is 602. The van der Waals surface area contributed by atoms with Crippen molar-refractivity contribution in [1.29, 1.82) is 0 Å². The Kier molecular flexibility index (Phi) is 4.80. The molecule has 0 aliphatic carbocycles. The maximum absolute atomic E-state index is 12.0. The molecule has 0 spiro atoms. The van der Waals surface area contributed by atoms with Crippen LogP contribution in [-0.4, -0.2) is 21.5 Å². The lowest BCUT2D eigenvalue weighted by atomic mass is 10.1. The van der Waals surface area contributed by atoms with Gasteiger partial charge in [-0.15, -0.1) is 0 Å². The largest absolute Gasteiger partial charge is 0.293 e. The van der Waals surface area contributed by atoms with Gasteiger partial charge in [0, 0.05) is 23.0 Å². The Labute approximate surface area is 125 Å². The summed E-state index contributed by atoms with van der Waals surface area (Å²) in [6, 6.07) is 4.84. The van der Waals surface area contributed by atoms with Crippen molar-refractivity contribution in [2.75, 3.05) is 5.75 Å². The number of aromatic nitrogens is 2. The van der Waals surface area contributed by atoms with Crippen LogP contribution in [-0.2, 0) is 0 Å². The van der Waals surface area contributed by atoms with Crippen LogP contribution in [0.3, 0.4) is 0 Å². The first kappa shape index (κ1) is 14.3. The molecule has 0 amide bonds. The number of aryl methyl sites for hydroxylation is 1. The molecule has 0 fully saturated rings. The molecule has 0 saturated carbocycles. The van der Waals surface area contributed by atoms with Crippen molar-refractivity contribution in [3.05, 3.63) is 51.8 Å². The molecular formula is C13H10Cl2N2OS. The van der Waals surface area contributed by atoms with Crippen LogP contribution in [0.25, 0.3) is 0 Å². The average molecular weight is 313 g/mol. The van der Waals surface area contributed by atoms with Gasteiger partial charge in [0.25, 0.3) is 0 Å². The number of benzene rings is 1. The maximum atomic E-state index is 12.0. The minimum Gasteiger partial charge on any atom is -0.293 e. The topological polar surface area (TPSA) is 42.9 Å². The standard InChI is InChI=1S/C13H10Cl2N2OS/c1-8-5-16-13(17-6-8)19-7-12(18)10-4-9(14)2-3-11(10)15/h2-6H,7H2,1H3. The zero-order chi connectivity index (χ0) is 13.8. The smallest absolute Gasteiger partial charge is 0.187 e. The summed E-state index contributed by atoms with van der Waals surface area (Å²) in [6.45, 7) is 1.91. The summed E-state index contributed by atoms with van der Waals surface area (Å²) in [5.74, 6) is 0.130. The number of ketones is 1. The highest BCUT2D eigenvalue weighted by atomic mass is 35.5. The van der Waals surface area contributed by atoms with Gasteiger partial charge in [0.1, 0.15) is 0 Å². The van der Waals surface area contributed by atoms with Gasteiger partial charge in [0.2, 0.25) is 0 Å². The van der Waals surface area contributed by atoms with E-state index in [4.69, 9.17) is 23.2 Å². The lowest BCUT2D eigenvalue weighted by molar-refractivity contribution is 0.102. The Morgan fingerprint density at radius 3 is 2.63 bits per heavy atom. The second kappa shape index (κ2) is 6.37. The normalized spacial score (nSPS) is 10.5. The highest BCUT2D eigenvalue weighted by molar-refractivity contribution is 7.99. The van der Waals surface area contributed by atoms with Crippen LogP contribution >= 0.6 is 35.0 Å². The molecule has 2 rings (SSSR count). The summed E-state index contributed by atoms with van der Waals surface area (Å²) >= 11 is 13.1. The molecule has 0 bridgehead atoms. The third kappa shape index (κ3) is 3.93. The number of rotatable bonds is 4. The summed E-state index contributed by atoms with van der Waals surface area (Å²) < 4.78 is 0. The zero-order valence-corrected chi connectivity index (χ0v) is 12.4. The molecule has 0 atom stereocenters. The minimum absolute atomic E-state index is 0.0957. The van der Waals surface area contributed by atoms with E-state index in [0.29, 0.717) is 20.8 Å². The number of hydrogen-bond donors (Lipinski definition) is 0. The van der Waals surface area contributed by atoms with E-state index in [1.807, 2.05) is 6.92 Å². The summed E-state index contributed by atoms with van der Waals surface area (Å²) in [5, 5.41) is 1.46. The van der Waals surface area contributed by atoms with Gasteiger partial charge in [-0.25, -0.2) is 9.97 Å². The first-order valence-corrected chi connectivity index (χ1v) is 7.20. The number of hydrogen-bond acceptors (Lipinski definition) is 4. The zero-order valence-electron chi connectivity index (χ0n) is 10.1. The molecule has 3 nitrogen and oxygen atoms in total. The number of Topliss-reactive ketones (excluding diaryl/α,β-unsaturated/α-hetero) is 1. The molecule has 0 aliphatic heterocycles. The molecular weight excluding hydrogens is 303 g/mol. The monoisotopic (exact) mass is 312 g/mol. The molecule has 19 heavy (non-hydrogen) atoms. The fraction of sp³-hybridized carbons (Fsp3) is 0.154. The van der Waals surface area contributed by atoms with Crippen LogP contribution in [0.2, 0.25) is 10.0 Å². The Hall–Kier alpha value is -1.10. The van der Waals surface area contributed by atoms with Crippen molar-refractivity contribution in [3.8, 4) is 0 Å². The number of carbonyl (C=O) groups excluding carboxylic acids is 1. The van der Waals surface area contributed by atoms with E-state index in [1.165, 1.54) is 11.8 Å². The molecule has 0 aliphatic rings. The van der Waals surface area contributed by atoms with Crippen LogP contribution in [0.1, 0.15) is 15.9 Å².